The van der Waals surface area contributed by atoms with Gasteiger partial charge in [0.2, 0.25) is 12.3 Å². The normalized spacial score (nSPS) is 11.6. The van der Waals surface area contributed by atoms with Crippen molar-refractivity contribution < 1.29 is 24.3 Å². The van der Waals surface area contributed by atoms with Crippen LogP contribution < -0.4 is 5.32 Å². The highest BCUT2D eigenvalue weighted by Crippen LogP contribution is 2.40. The zero-order valence-corrected chi connectivity index (χ0v) is 26.5. The topological polar surface area (TPSA) is 110 Å². The largest absolute Gasteiger partial charge is 0.476 e. The Morgan fingerprint density at radius 2 is 1.15 bits per heavy atom. The Balaban J connectivity index is 1.24. The van der Waals surface area contributed by atoms with Crippen molar-refractivity contribution in [3.05, 3.63) is 191 Å². The van der Waals surface area contributed by atoms with Gasteiger partial charge in [-0.15, -0.1) is 11.3 Å². The summed E-state index contributed by atoms with van der Waals surface area (Å²) in [6.07, 6.45) is -0.669. The summed E-state index contributed by atoms with van der Waals surface area (Å²) >= 11 is 1.24. The van der Waals surface area contributed by atoms with E-state index in [1.54, 1.807) is 5.38 Å². The number of aliphatic carboxylic acids is 1. The van der Waals surface area contributed by atoms with E-state index in [1.807, 2.05) is 152 Å². The molecule has 0 radical (unpaired) electrons. The number of rotatable bonds is 13. The molecule has 1 heterocycles. The fourth-order valence-corrected chi connectivity index (χ4v) is 6.23. The quantitative estimate of drug-likeness (QED) is 0.0569. The first kappa shape index (κ1) is 31.9. The van der Waals surface area contributed by atoms with Crippen LogP contribution in [0, 0.1) is 0 Å². The van der Waals surface area contributed by atoms with E-state index in [-0.39, 0.29) is 5.69 Å². The Kier molecular flexibility index (Phi) is 9.98. The van der Waals surface area contributed by atoms with Crippen LogP contribution in [0.5, 0.6) is 0 Å². The van der Waals surface area contributed by atoms with Gasteiger partial charge in [0.1, 0.15) is 11.2 Å². The number of benzene rings is 5. The van der Waals surface area contributed by atoms with Gasteiger partial charge in [-0.1, -0.05) is 157 Å². The zero-order chi connectivity index (χ0) is 33.2. The summed E-state index contributed by atoms with van der Waals surface area (Å²) in [5, 5.41) is 19.5. The lowest BCUT2D eigenvalue weighted by Crippen LogP contribution is -2.38. The molecule has 0 spiro atoms. The van der Waals surface area contributed by atoms with Crippen LogP contribution in [0.4, 0.5) is 5.13 Å². The number of thiazole rings is 1. The number of carbonyl (C=O) groups excluding carboxylic acids is 1. The molecule has 48 heavy (non-hydrogen) atoms. The number of carboxylic acids is 1. The number of hydrogen-bond acceptors (Lipinski definition) is 8. The first-order valence-corrected chi connectivity index (χ1v) is 16.1. The van der Waals surface area contributed by atoms with Crippen LogP contribution in [0.15, 0.2) is 162 Å². The number of aromatic nitrogens is 1. The van der Waals surface area contributed by atoms with E-state index in [0.29, 0.717) is 5.13 Å². The fourth-order valence-electron chi connectivity index (χ4n) is 5.48. The van der Waals surface area contributed by atoms with Crippen LogP contribution >= 0.6 is 11.3 Å². The van der Waals surface area contributed by atoms with E-state index in [4.69, 9.17) is 9.57 Å². The van der Waals surface area contributed by atoms with Gasteiger partial charge in [-0.25, -0.2) is 14.6 Å². The first-order valence-electron chi connectivity index (χ1n) is 15.2. The van der Waals surface area contributed by atoms with E-state index in [0.717, 1.165) is 27.8 Å². The summed E-state index contributed by atoms with van der Waals surface area (Å²) in [5.41, 5.74) is 3.26. The predicted molar refractivity (Wildman–Crippen MR) is 186 cm³/mol. The van der Waals surface area contributed by atoms with Crippen LogP contribution in [0.25, 0.3) is 0 Å². The van der Waals surface area contributed by atoms with Gasteiger partial charge in [0.15, 0.2) is 11.2 Å². The Bertz CT molecular complexity index is 1830. The fraction of sp³-hybridized carbons (Fsp3) is 0.0769. The molecule has 0 unspecified atom stereocenters. The molecule has 6 aromatic rings. The lowest BCUT2D eigenvalue weighted by molar-refractivity contribution is -0.153. The molecule has 5 aromatic carbocycles. The summed E-state index contributed by atoms with van der Waals surface area (Å²) in [6.45, 7) is -0.596. The molecule has 2 N–H and O–H groups in total. The van der Waals surface area contributed by atoms with E-state index in [1.165, 1.54) is 11.3 Å². The number of oxime groups is 1. The number of carboxylic acid groups (broad SMARTS) is 1. The van der Waals surface area contributed by atoms with Crippen LogP contribution in [-0.2, 0) is 24.7 Å². The molecule has 0 aliphatic heterocycles. The number of anilines is 1. The molecular weight excluding hydrogens is 623 g/mol. The second-order valence-electron chi connectivity index (χ2n) is 10.7. The monoisotopic (exact) mass is 653 g/mol. The summed E-state index contributed by atoms with van der Waals surface area (Å²) in [6, 6.07) is 48.6. The molecular formula is C39H31N3O5S. The van der Waals surface area contributed by atoms with Gasteiger partial charge < -0.3 is 20.0 Å². The maximum Gasteiger partial charge on any atom is 0.360 e. The zero-order valence-electron chi connectivity index (χ0n) is 25.7. The second kappa shape index (κ2) is 15.0. The van der Waals surface area contributed by atoms with Gasteiger partial charge in [0.25, 0.3) is 0 Å². The van der Waals surface area contributed by atoms with Crippen molar-refractivity contribution in [2.45, 2.75) is 11.6 Å². The lowest BCUT2D eigenvalue weighted by atomic mass is 9.77. The Hall–Kier alpha value is -6.06. The highest BCUT2D eigenvalue weighted by molar-refractivity contribution is 7.14. The summed E-state index contributed by atoms with van der Waals surface area (Å²) in [4.78, 5) is 35.0. The maximum atomic E-state index is 12.9. The number of esters is 1. The third kappa shape index (κ3) is 7.16. The number of carbonyl (C=O) groups is 2. The third-order valence-electron chi connectivity index (χ3n) is 7.66. The van der Waals surface area contributed by atoms with Gasteiger partial charge in [-0.05, 0) is 27.8 Å². The summed E-state index contributed by atoms with van der Waals surface area (Å²) in [7, 11) is 0. The minimum absolute atomic E-state index is 0.0814. The van der Waals surface area contributed by atoms with Crippen LogP contribution in [0.2, 0.25) is 0 Å². The molecule has 0 fully saturated rings. The van der Waals surface area contributed by atoms with E-state index in [2.05, 4.69) is 15.5 Å². The standard InChI is InChI=1S/C39H31N3O5S/c43-34(47-36(28-16-6-1-7-17-28)29-18-8-2-9-19-29)26-46-42-35(37(44)45)33-27-48-38(40-33)41-39(30-20-10-3-11-21-30,31-22-12-4-13-23-31)32-24-14-5-15-25-32/h1-25,27,36H,26H2,(H,40,41)(H,44,45)/b42-35+. The molecule has 0 bridgehead atoms. The van der Waals surface area contributed by atoms with Crippen molar-refractivity contribution in [3.63, 3.8) is 0 Å². The molecule has 0 saturated carbocycles. The van der Waals surface area contributed by atoms with E-state index >= 15 is 0 Å². The molecule has 0 atom stereocenters. The molecule has 1 aromatic heterocycles. The van der Waals surface area contributed by atoms with Gasteiger partial charge >= 0.3 is 11.9 Å². The minimum atomic E-state index is -1.35. The molecule has 0 saturated heterocycles. The minimum Gasteiger partial charge on any atom is -0.476 e. The molecule has 6 rings (SSSR count). The highest BCUT2D eigenvalue weighted by Gasteiger charge is 2.37. The number of ether oxygens (including phenoxy) is 1. The highest BCUT2D eigenvalue weighted by atomic mass is 32.1. The molecule has 238 valence electrons. The van der Waals surface area contributed by atoms with Crippen LogP contribution in [0.3, 0.4) is 0 Å². The van der Waals surface area contributed by atoms with Crippen molar-refractivity contribution in [1.82, 2.24) is 4.98 Å². The molecule has 8 nitrogen and oxygen atoms in total. The van der Waals surface area contributed by atoms with E-state index in [9.17, 15) is 14.7 Å². The molecule has 0 amide bonds. The average molecular weight is 654 g/mol. The number of hydrogen-bond donors (Lipinski definition) is 2. The van der Waals surface area contributed by atoms with Gasteiger partial charge in [-0.2, -0.15) is 0 Å². The van der Waals surface area contributed by atoms with Gasteiger partial charge in [0.05, 0.1) is 0 Å². The third-order valence-corrected chi connectivity index (χ3v) is 8.41. The van der Waals surface area contributed by atoms with Gasteiger partial charge in [-0.3, -0.25) is 0 Å². The average Bonchev–Trinajstić information content (AvgIpc) is 3.61. The van der Waals surface area contributed by atoms with Crippen molar-refractivity contribution >= 4 is 34.1 Å². The van der Waals surface area contributed by atoms with Crippen LogP contribution in [-0.4, -0.2) is 34.3 Å². The van der Waals surface area contributed by atoms with Crippen molar-refractivity contribution in [1.29, 1.82) is 0 Å². The second-order valence-corrected chi connectivity index (χ2v) is 11.6. The maximum absolute atomic E-state index is 12.9. The van der Waals surface area contributed by atoms with Crippen LogP contribution in [0.1, 0.15) is 39.6 Å². The molecule has 0 aliphatic rings. The predicted octanol–water partition coefficient (Wildman–Crippen LogP) is 7.69. The smallest absolute Gasteiger partial charge is 0.360 e. The Labute approximate surface area is 282 Å². The van der Waals surface area contributed by atoms with E-state index < -0.39 is 35.9 Å². The Morgan fingerprint density at radius 3 is 1.58 bits per heavy atom. The number of nitrogens with zero attached hydrogens (tertiary/aromatic N) is 2. The lowest BCUT2D eigenvalue weighted by Gasteiger charge is -2.36. The molecule has 0 aliphatic carbocycles. The molecule has 9 heteroatoms. The first-order chi connectivity index (χ1) is 23.5. The van der Waals surface area contributed by atoms with Crippen molar-refractivity contribution in [2.24, 2.45) is 5.16 Å². The Morgan fingerprint density at radius 1 is 0.708 bits per heavy atom. The van der Waals surface area contributed by atoms with Gasteiger partial charge in [0, 0.05) is 5.38 Å². The van der Waals surface area contributed by atoms with Crippen molar-refractivity contribution in [2.75, 3.05) is 11.9 Å². The summed E-state index contributed by atoms with van der Waals surface area (Å²) < 4.78 is 5.75. The SMILES string of the molecule is O=C(CO/N=C(/C(=O)O)c1csc(NC(c2ccccc2)(c2ccccc2)c2ccccc2)n1)OC(c1ccccc1)c1ccccc1. The summed E-state index contributed by atoms with van der Waals surface area (Å²) in [5.74, 6) is -2.06. The number of nitrogens with one attached hydrogen (secondary N) is 1. The van der Waals surface area contributed by atoms with Crippen molar-refractivity contribution in [3.8, 4) is 0 Å².